The minimum absolute atomic E-state index is 0.0567. The lowest BCUT2D eigenvalue weighted by atomic mass is 9.88. The van der Waals surface area contributed by atoms with E-state index < -0.39 is 38.0 Å². The van der Waals surface area contributed by atoms with E-state index in [0.29, 0.717) is 0 Å². The van der Waals surface area contributed by atoms with Crippen LogP contribution in [-0.4, -0.2) is 50.5 Å². The molecule has 24 heavy (non-hydrogen) atoms. The van der Waals surface area contributed by atoms with Crippen molar-refractivity contribution in [2.75, 3.05) is 13.1 Å². The summed E-state index contributed by atoms with van der Waals surface area (Å²) in [5.41, 5.74) is -2.04. The van der Waals surface area contributed by atoms with Gasteiger partial charge in [0.2, 0.25) is 6.43 Å². The number of nitrogens with zero attached hydrogens (tertiary/aromatic N) is 1. The fourth-order valence-corrected chi connectivity index (χ4v) is 3.77. The fourth-order valence-electron chi connectivity index (χ4n) is 2.37. The van der Waals surface area contributed by atoms with E-state index in [-0.39, 0.29) is 18.1 Å². The summed E-state index contributed by atoms with van der Waals surface area (Å²) in [7, 11) is -2.23. The zero-order valence-electron chi connectivity index (χ0n) is 16.5. The van der Waals surface area contributed by atoms with E-state index in [1.807, 2.05) is 13.1 Å². The van der Waals surface area contributed by atoms with Gasteiger partial charge in [-0.2, -0.15) is 0 Å². The SMILES string of the molecule is CC(C)(C)OC(=O)N1CC(O[Si](C)(C)C(C)(C)C)C(C)(C(F)F)C1. The monoisotopic (exact) mass is 365 g/mol. The number of amides is 1. The third-order valence-corrected chi connectivity index (χ3v) is 9.53. The molecule has 142 valence electrons. The van der Waals surface area contributed by atoms with Gasteiger partial charge in [-0.15, -0.1) is 0 Å². The van der Waals surface area contributed by atoms with Crippen LogP contribution in [0.1, 0.15) is 48.5 Å². The molecule has 0 saturated carbocycles. The van der Waals surface area contributed by atoms with E-state index in [1.54, 1.807) is 20.8 Å². The highest BCUT2D eigenvalue weighted by Crippen LogP contribution is 2.44. The van der Waals surface area contributed by atoms with E-state index >= 15 is 0 Å². The zero-order valence-corrected chi connectivity index (χ0v) is 17.5. The molecular formula is C17H33F2NO3Si. The Labute approximate surface area is 146 Å². The highest BCUT2D eigenvalue weighted by molar-refractivity contribution is 6.74. The van der Waals surface area contributed by atoms with Gasteiger partial charge in [-0.05, 0) is 45.8 Å². The molecule has 2 atom stereocenters. The molecule has 7 heteroatoms. The first kappa shape index (κ1) is 21.3. The normalized spacial score (nSPS) is 26.2. The van der Waals surface area contributed by atoms with Crippen molar-refractivity contribution in [3.05, 3.63) is 0 Å². The molecule has 4 nitrogen and oxygen atoms in total. The molecule has 0 aromatic rings. The van der Waals surface area contributed by atoms with Crippen LogP contribution in [0.15, 0.2) is 0 Å². The highest BCUT2D eigenvalue weighted by Gasteiger charge is 2.55. The predicted molar refractivity (Wildman–Crippen MR) is 94.0 cm³/mol. The lowest BCUT2D eigenvalue weighted by Crippen LogP contribution is -2.50. The Kier molecular flexibility index (Phi) is 5.83. The summed E-state index contributed by atoms with van der Waals surface area (Å²) in [4.78, 5) is 13.7. The molecule has 1 aliphatic heterocycles. The number of hydrogen-bond acceptors (Lipinski definition) is 3. The van der Waals surface area contributed by atoms with Crippen LogP contribution in [0.3, 0.4) is 0 Å². The van der Waals surface area contributed by atoms with Gasteiger partial charge >= 0.3 is 6.09 Å². The average molecular weight is 366 g/mol. The van der Waals surface area contributed by atoms with Crippen LogP contribution in [0.5, 0.6) is 0 Å². The quantitative estimate of drug-likeness (QED) is 0.668. The number of hydrogen-bond donors (Lipinski definition) is 0. The number of ether oxygens (including phenoxy) is 1. The van der Waals surface area contributed by atoms with Crippen LogP contribution in [0.2, 0.25) is 18.1 Å². The molecule has 1 aliphatic rings. The summed E-state index contributed by atoms with van der Waals surface area (Å²) in [6.07, 6.45) is -3.82. The van der Waals surface area contributed by atoms with Gasteiger partial charge in [-0.25, -0.2) is 13.6 Å². The van der Waals surface area contributed by atoms with E-state index in [4.69, 9.17) is 9.16 Å². The molecule has 0 bridgehead atoms. The van der Waals surface area contributed by atoms with Crippen molar-refractivity contribution in [1.82, 2.24) is 4.90 Å². The Morgan fingerprint density at radius 1 is 1.21 bits per heavy atom. The van der Waals surface area contributed by atoms with Gasteiger partial charge in [0.15, 0.2) is 8.32 Å². The maximum Gasteiger partial charge on any atom is 0.410 e. The van der Waals surface area contributed by atoms with E-state index in [0.717, 1.165) is 0 Å². The smallest absolute Gasteiger partial charge is 0.410 e. The molecule has 1 heterocycles. The van der Waals surface area contributed by atoms with Crippen molar-refractivity contribution < 1.29 is 22.7 Å². The molecular weight excluding hydrogens is 332 g/mol. The number of likely N-dealkylation sites (tertiary alicyclic amines) is 1. The molecule has 0 aromatic carbocycles. The average Bonchev–Trinajstić information content (AvgIpc) is 2.64. The predicted octanol–water partition coefficient (Wildman–Crippen LogP) is 4.90. The largest absolute Gasteiger partial charge is 0.444 e. The maximum absolute atomic E-state index is 13.8. The van der Waals surface area contributed by atoms with E-state index in [2.05, 4.69) is 20.8 Å². The summed E-state index contributed by atoms with van der Waals surface area (Å²) in [6, 6.07) is 0. The van der Waals surface area contributed by atoms with Gasteiger partial charge in [0, 0.05) is 13.1 Å². The number of rotatable bonds is 3. The Morgan fingerprint density at radius 3 is 2.08 bits per heavy atom. The molecule has 0 N–H and O–H groups in total. The zero-order chi connectivity index (χ0) is 19.1. The van der Waals surface area contributed by atoms with Crippen molar-refractivity contribution in [2.45, 2.75) is 84.7 Å². The number of alkyl halides is 2. The minimum Gasteiger partial charge on any atom is -0.444 e. The molecule has 0 spiro atoms. The minimum atomic E-state index is -2.57. The van der Waals surface area contributed by atoms with Gasteiger partial charge in [0.25, 0.3) is 0 Å². The Morgan fingerprint density at radius 2 is 1.71 bits per heavy atom. The lowest BCUT2D eigenvalue weighted by molar-refractivity contribution is -0.0449. The Bertz CT molecular complexity index is 471. The van der Waals surface area contributed by atoms with Crippen molar-refractivity contribution in [3.8, 4) is 0 Å². The molecule has 0 aliphatic carbocycles. The van der Waals surface area contributed by atoms with Crippen molar-refractivity contribution in [3.63, 3.8) is 0 Å². The molecule has 2 unspecified atom stereocenters. The molecule has 0 aromatic heterocycles. The van der Waals surface area contributed by atoms with Crippen LogP contribution in [-0.2, 0) is 9.16 Å². The molecule has 1 amide bonds. The third-order valence-electron chi connectivity index (χ3n) is 5.05. The fraction of sp³-hybridized carbons (Fsp3) is 0.941. The van der Waals surface area contributed by atoms with Crippen LogP contribution in [0, 0.1) is 5.41 Å². The first-order valence-corrected chi connectivity index (χ1v) is 11.3. The highest BCUT2D eigenvalue weighted by atomic mass is 28.4. The summed E-state index contributed by atoms with van der Waals surface area (Å²) in [6.45, 7) is 17.1. The topological polar surface area (TPSA) is 38.8 Å². The van der Waals surface area contributed by atoms with Crippen molar-refractivity contribution in [1.29, 1.82) is 0 Å². The summed E-state index contributed by atoms with van der Waals surface area (Å²) in [5, 5.41) is -0.0879. The standard InChI is InChI=1S/C17H33F2NO3Si/c1-15(2,3)22-14(21)20-10-12(17(7,11-20)13(18)19)23-24(8,9)16(4,5)6/h12-13H,10-11H2,1-9H3. The first-order valence-electron chi connectivity index (χ1n) is 8.43. The van der Waals surface area contributed by atoms with Gasteiger partial charge in [0.05, 0.1) is 11.5 Å². The van der Waals surface area contributed by atoms with Crippen LogP contribution >= 0.6 is 0 Å². The Balaban J connectivity index is 3.00. The van der Waals surface area contributed by atoms with Gasteiger partial charge in [-0.3, -0.25) is 0 Å². The van der Waals surface area contributed by atoms with Gasteiger partial charge in [-0.1, -0.05) is 20.8 Å². The van der Waals surface area contributed by atoms with Crippen LogP contribution in [0.25, 0.3) is 0 Å². The van der Waals surface area contributed by atoms with Crippen LogP contribution < -0.4 is 0 Å². The summed E-state index contributed by atoms with van der Waals surface area (Å²) >= 11 is 0. The third kappa shape index (κ3) is 4.68. The van der Waals surface area contributed by atoms with E-state index in [1.165, 1.54) is 11.8 Å². The van der Waals surface area contributed by atoms with Crippen LogP contribution in [0.4, 0.5) is 13.6 Å². The number of carbonyl (C=O) groups excluding carboxylic acids is 1. The molecule has 1 saturated heterocycles. The van der Waals surface area contributed by atoms with Gasteiger partial charge < -0.3 is 14.1 Å². The van der Waals surface area contributed by atoms with E-state index in [9.17, 15) is 13.6 Å². The second-order valence-corrected chi connectivity index (χ2v) is 14.3. The maximum atomic E-state index is 13.8. The van der Waals surface area contributed by atoms with Gasteiger partial charge in [0.1, 0.15) is 5.60 Å². The number of halogens is 2. The lowest BCUT2D eigenvalue weighted by Gasteiger charge is -2.41. The summed E-state index contributed by atoms with van der Waals surface area (Å²) in [5.74, 6) is 0. The second kappa shape index (κ2) is 6.55. The van der Waals surface area contributed by atoms with Crippen molar-refractivity contribution in [2.24, 2.45) is 5.41 Å². The summed E-state index contributed by atoms with van der Waals surface area (Å²) < 4.78 is 39.2. The Hall–Kier alpha value is -0.693. The second-order valence-electron chi connectivity index (χ2n) is 9.53. The number of carbonyl (C=O) groups is 1. The van der Waals surface area contributed by atoms with Crippen molar-refractivity contribution >= 4 is 14.4 Å². The molecule has 0 radical (unpaired) electrons. The molecule has 1 rings (SSSR count). The molecule has 1 fully saturated rings. The first-order chi connectivity index (χ1) is 10.5.